The minimum absolute atomic E-state index is 0.342. The van der Waals surface area contributed by atoms with Gasteiger partial charge in [0, 0.05) is 25.7 Å². The maximum absolute atomic E-state index is 6.08. The van der Waals surface area contributed by atoms with E-state index in [9.17, 15) is 0 Å². The normalized spacial score (nSPS) is 11.3. The Morgan fingerprint density at radius 1 is 1.15 bits per heavy atom. The van der Waals surface area contributed by atoms with Crippen LogP contribution in [0.2, 0.25) is 5.15 Å². The quantitative estimate of drug-likeness (QED) is 0.526. The molecule has 2 aromatic rings. The second-order valence-electron chi connectivity index (χ2n) is 4.08. The SMILES string of the molecule is COCCCOCCOCc1nc(Cl)c2ccsc2n1. The molecule has 7 heteroatoms. The lowest BCUT2D eigenvalue weighted by molar-refractivity contribution is 0.0318. The molecular formula is C13H17ClN2O3S. The molecule has 0 amide bonds. The molecule has 0 aliphatic carbocycles. The molecule has 2 heterocycles. The number of hydrogen-bond acceptors (Lipinski definition) is 6. The first-order valence-electron chi connectivity index (χ1n) is 6.35. The molecule has 0 aromatic carbocycles. The van der Waals surface area contributed by atoms with Gasteiger partial charge < -0.3 is 14.2 Å². The lowest BCUT2D eigenvalue weighted by Crippen LogP contribution is -2.08. The van der Waals surface area contributed by atoms with Crippen LogP contribution in [0.3, 0.4) is 0 Å². The molecule has 0 saturated heterocycles. The number of ether oxygens (including phenoxy) is 3. The molecule has 0 atom stereocenters. The second-order valence-corrected chi connectivity index (χ2v) is 5.33. The Bertz CT molecular complexity index is 535. The molecule has 0 fully saturated rings. The van der Waals surface area contributed by atoms with Crippen molar-refractivity contribution in [2.45, 2.75) is 13.0 Å². The van der Waals surface area contributed by atoms with Crippen molar-refractivity contribution >= 4 is 33.2 Å². The molecule has 0 bridgehead atoms. The van der Waals surface area contributed by atoms with E-state index in [2.05, 4.69) is 9.97 Å². The van der Waals surface area contributed by atoms with E-state index in [0.717, 1.165) is 16.6 Å². The zero-order chi connectivity index (χ0) is 14.2. The number of halogens is 1. The van der Waals surface area contributed by atoms with Gasteiger partial charge in [-0.2, -0.15) is 0 Å². The van der Waals surface area contributed by atoms with Gasteiger partial charge in [-0.3, -0.25) is 0 Å². The van der Waals surface area contributed by atoms with Crippen molar-refractivity contribution in [2.75, 3.05) is 33.5 Å². The first-order valence-corrected chi connectivity index (χ1v) is 7.61. The third kappa shape index (κ3) is 4.64. The van der Waals surface area contributed by atoms with Crippen LogP contribution in [0.1, 0.15) is 12.2 Å². The molecule has 0 saturated carbocycles. The van der Waals surface area contributed by atoms with Gasteiger partial charge >= 0.3 is 0 Å². The van der Waals surface area contributed by atoms with Crippen LogP contribution in [0.4, 0.5) is 0 Å². The summed E-state index contributed by atoms with van der Waals surface area (Å²) in [5.41, 5.74) is 0. The highest BCUT2D eigenvalue weighted by molar-refractivity contribution is 7.16. The Morgan fingerprint density at radius 2 is 2.00 bits per heavy atom. The highest BCUT2D eigenvalue weighted by Gasteiger charge is 2.06. The summed E-state index contributed by atoms with van der Waals surface area (Å²) in [7, 11) is 1.68. The van der Waals surface area contributed by atoms with Crippen LogP contribution >= 0.6 is 22.9 Å². The summed E-state index contributed by atoms with van der Waals surface area (Å²) in [6, 6.07) is 1.92. The van der Waals surface area contributed by atoms with Gasteiger partial charge in [0.1, 0.15) is 16.6 Å². The number of thiophene rings is 1. The van der Waals surface area contributed by atoms with Crippen LogP contribution < -0.4 is 0 Å². The summed E-state index contributed by atoms with van der Waals surface area (Å²) in [4.78, 5) is 9.49. The maximum Gasteiger partial charge on any atom is 0.157 e. The summed E-state index contributed by atoms with van der Waals surface area (Å²) in [6.45, 7) is 2.80. The molecule has 110 valence electrons. The van der Waals surface area contributed by atoms with E-state index in [1.807, 2.05) is 11.4 Å². The van der Waals surface area contributed by atoms with Gasteiger partial charge in [0.15, 0.2) is 5.82 Å². The van der Waals surface area contributed by atoms with Gasteiger partial charge in [0.2, 0.25) is 0 Å². The molecular weight excluding hydrogens is 300 g/mol. The van der Waals surface area contributed by atoms with Crippen molar-refractivity contribution in [1.82, 2.24) is 9.97 Å². The average Bonchev–Trinajstić information content (AvgIpc) is 2.91. The summed E-state index contributed by atoms with van der Waals surface area (Å²) in [6.07, 6.45) is 0.893. The van der Waals surface area contributed by atoms with Gasteiger partial charge in [-0.15, -0.1) is 11.3 Å². The summed E-state index contributed by atoms with van der Waals surface area (Å²) >= 11 is 7.62. The topological polar surface area (TPSA) is 53.5 Å². The Labute approximate surface area is 126 Å². The first-order chi connectivity index (χ1) is 9.81. The molecule has 2 aromatic heterocycles. The van der Waals surface area contributed by atoms with Crippen molar-refractivity contribution in [2.24, 2.45) is 0 Å². The smallest absolute Gasteiger partial charge is 0.157 e. The van der Waals surface area contributed by atoms with Gasteiger partial charge in [0.25, 0.3) is 0 Å². The molecule has 0 N–H and O–H groups in total. The highest BCUT2D eigenvalue weighted by Crippen LogP contribution is 2.24. The van der Waals surface area contributed by atoms with Crippen LogP contribution in [0.5, 0.6) is 0 Å². The molecule has 0 aliphatic rings. The fraction of sp³-hybridized carbons (Fsp3) is 0.538. The fourth-order valence-electron chi connectivity index (χ4n) is 1.61. The van der Waals surface area contributed by atoms with E-state index in [-0.39, 0.29) is 0 Å². The minimum Gasteiger partial charge on any atom is -0.385 e. The molecule has 0 spiro atoms. The maximum atomic E-state index is 6.08. The van der Waals surface area contributed by atoms with E-state index in [1.54, 1.807) is 18.4 Å². The largest absolute Gasteiger partial charge is 0.385 e. The number of nitrogens with zero attached hydrogens (tertiary/aromatic N) is 2. The van der Waals surface area contributed by atoms with Crippen molar-refractivity contribution in [1.29, 1.82) is 0 Å². The number of hydrogen-bond donors (Lipinski definition) is 0. The summed E-state index contributed by atoms with van der Waals surface area (Å²) in [5, 5.41) is 3.32. The van der Waals surface area contributed by atoms with E-state index in [1.165, 1.54) is 0 Å². The standard InChI is InChI=1S/C13H17ClN2O3S/c1-17-4-2-5-18-6-7-19-9-11-15-12(14)10-3-8-20-13(10)16-11/h3,8H,2,4-7,9H2,1H3. The summed E-state index contributed by atoms with van der Waals surface area (Å²) in [5.74, 6) is 0.601. The number of rotatable bonds is 9. The third-order valence-electron chi connectivity index (χ3n) is 2.57. The Morgan fingerprint density at radius 3 is 2.85 bits per heavy atom. The van der Waals surface area contributed by atoms with E-state index in [4.69, 9.17) is 25.8 Å². The van der Waals surface area contributed by atoms with Gasteiger partial charge in [-0.1, -0.05) is 11.6 Å². The molecule has 0 unspecified atom stereocenters. The monoisotopic (exact) mass is 316 g/mol. The molecule has 2 rings (SSSR count). The average molecular weight is 317 g/mol. The van der Waals surface area contributed by atoms with Crippen LogP contribution in [-0.2, 0) is 20.8 Å². The fourth-order valence-corrected chi connectivity index (χ4v) is 2.70. The number of fused-ring (bicyclic) bond motifs is 1. The Hall–Kier alpha value is -0.790. The van der Waals surface area contributed by atoms with Gasteiger partial charge in [-0.05, 0) is 17.9 Å². The van der Waals surface area contributed by atoms with E-state index >= 15 is 0 Å². The lowest BCUT2D eigenvalue weighted by Gasteiger charge is -2.05. The molecule has 0 radical (unpaired) electrons. The van der Waals surface area contributed by atoms with Crippen LogP contribution in [0.15, 0.2) is 11.4 Å². The predicted molar refractivity (Wildman–Crippen MR) is 79.4 cm³/mol. The van der Waals surface area contributed by atoms with E-state index < -0.39 is 0 Å². The number of aromatic nitrogens is 2. The zero-order valence-corrected chi connectivity index (χ0v) is 12.9. The third-order valence-corrected chi connectivity index (χ3v) is 3.66. The molecule has 5 nitrogen and oxygen atoms in total. The predicted octanol–water partition coefficient (Wildman–Crippen LogP) is 2.91. The minimum atomic E-state index is 0.342. The van der Waals surface area contributed by atoms with Crippen molar-refractivity contribution in [3.05, 3.63) is 22.4 Å². The lowest BCUT2D eigenvalue weighted by atomic mass is 10.4. The number of methoxy groups -OCH3 is 1. The van der Waals surface area contributed by atoms with Gasteiger partial charge in [0.05, 0.1) is 13.2 Å². The van der Waals surface area contributed by atoms with Crippen molar-refractivity contribution < 1.29 is 14.2 Å². The molecule has 0 aliphatic heterocycles. The van der Waals surface area contributed by atoms with Crippen molar-refractivity contribution in [3.8, 4) is 0 Å². The van der Waals surface area contributed by atoms with Gasteiger partial charge in [-0.25, -0.2) is 9.97 Å². The summed E-state index contributed by atoms with van der Waals surface area (Å²) < 4.78 is 15.8. The zero-order valence-electron chi connectivity index (χ0n) is 11.3. The Kier molecular flexibility index (Phi) is 6.62. The van der Waals surface area contributed by atoms with Crippen LogP contribution in [-0.4, -0.2) is 43.5 Å². The Balaban J connectivity index is 1.68. The van der Waals surface area contributed by atoms with Crippen molar-refractivity contribution in [3.63, 3.8) is 0 Å². The van der Waals surface area contributed by atoms with Crippen LogP contribution in [0, 0.1) is 0 Å². The first kappa shape index (κ1) is 15.6. The second kappa shape index (κ2) is 8.49. The van der Waals surface area contributed by atoms with E-state index in [0.29, 0.717) is 44.0 Å². The molecule has 20 heavy (non-hydrogen) atoms. The van der Waals surface area contributed by atoms with Crippen LogP contribution in [0.25, 0.3) is 10.2 Å². The highest BCUT2D eigenvalue weighted by atomic mass is 35.5.